The summed E-state index contributed by atoms with van der Waals surface area (Å²) in [6.45, 7) is 1.90. The van der Waals surface area contributed by atoms with E-state index in [0.29, 0.717) is 5.56 Å². The summed E-state index contributed by atoms with van der Waals surface area (Å²) in [6, 6.07) is 2.86. The van der Waals surface area contributed by atoms with Crippen LogP contribution in [-0.2, 0) is 0 Å². The lowest BCUT2D eigenvalue weighted by Gasteiger charge is -2.11. The standard InChI is InChI=1S/C11H12F3NO2/c1-6-3-4-8(9(16)7(6)2)10(17)15-5-11(12,13)14/h3-4,16H,5H2,1-2H3,(H,15,17). The molecule has 3 nitrogen and oxygen atoms in total. The number of carbonyl (C=O) groups is 1. The second-order valence-corrected chi connectivity index (χ2v) is 3.70. The van der Waals surface area contributed by atoms with Gasteiger partial charge in [0.15, 0.2) is 0 Å². The van der Waals surface area contributed by atoms with Crippen molar-refractivity contribution in [1.29, 1.82) is 0 Å². The molecule has 1 aromatic carbocycles. The maximum Gasteiger partial charge on any atom is 0.405 e. The first-order valence-corrected chi connectivity index (χ1v) is 4.86. The van der Waals surface area contributed by atoms with Gasteiger partial charge in [-0.25, -0.2) is 0 Å². The number of amides is 1. The SMILES string of the molecule is Cc1ccc(C(=O)NCC(F)(F)F)c(O)c1C. The highest BCUT2D eigenvalue weighted by atomic mass is 19.4. The van der Waals surface area contributed by atoms with E-state index in [-0.39, 0.29) is 11.3 Å². The molecule has 0 saturated carbocycles. The number of hydrogen-bond donors (Lipinski definition) is 2. The van der Waals surface area contributed by atoms with E-state index in [4.69, 9.17) is 0 Å². The second kappa shape index (κ2) is 4.65. The number of phenolic OH excluding ortho intramolecular Hbond substituents is 1. The Balaban J connectivity index is 2.87. The fourth-order valence-corrected chi connectivity index (χ4v) is 1.26. The zero-order valence-corrected chi connectivity index (χ0v) is 9.35. The molecule has 2 N–H and O–H groups in total. The molecule has 6 heteroatoms. The van der Waals surface area contributed by atoms with Gasteiger partial charge < -0.3 is 10.4 Å². The zero-order chi connectivity index (χ0) is 13.2. The highest BCUT2D eigenvalue weighted by Gasteiger charge is 2.28. The number of rotatable bonds is 2. The number of nitrogens with one attached hydrogen (secondary N) is 1. The Morgan fingerprint density at radius 3 is 2.47 bits per heavy atom. The Morgan fingerprint density at radius 2 is 1.94 bits per heavy atom. The maximum absolute atomic E-state index is 11.9. The van der Waals surface area contributed by atoms with Crippen LogP contribution < -0.4 is 5.32 Å². The minimum absolute atomic E-state index is 0.155. The van der Waals surface area contributed by atoms with Crippen LogP contribution in [0.3, 0.4) is 0 Å². The van der Waals surface area contributed by atoms with Gasteiger partial charge in [-0.05, 0) is 31.0 Å². The quantitative estimate of drug-likeness (QED) is 0.842. The summed E-state index contributed by atoms with van der Waals surface area (Å²) in [4.78, 5) is 11.4. The zero-order valence-electron chi connectivity index (χ0n) is 9.35. The Hall–Kier alpha value is -1.72. The molecule has 1 rings (SSSR count). The Morgan fingerprint density at radius 1 is 1.35 bits per heavy atom. The van der Waals surface area contributed by atoms with E-state index >= 15 is 0 Å². The summed E-state index contributed by atoms with van der Waals surface area (Å²) in [5, 5.41) is 11.3. The van der Waals surface area contributed by atoms with Crippen LogP contribution in [0, 0.1) is 13.8 Å². The molecule has 0 radical (unpaired) electrons. The number of hydrogen-bond acceptors (Lipinski definition) is 2. The van der Waals surface area contributed by atoms with Gasteiger partial charge in [0.2, 0.25) is 0 Å². The summed E-state index contributed by atoms with van der Waals surface area (Å²) in [7, 11) is 0. The van der Waals surface area contributed by atoms with Crippen LogP contribution in [0.15, 0.2) is 12.1 Å². The molecule has 0 spiro atoms. The van der Waals surface area contributed by atoms with E-state index < -0.39 is 18.6 Å². The van der Waals surface area contributed by atoms with Crippen LogP contribution >= 0.6 is 0 Å². The molecule has 0 bridgehead atoms. The number of alkyl halides is 3. The van der Waals surface area contributed by atoms with Crippen LogP contribution in [0.2, 0.25) is 0 Å². The normalized spacial score (nSPS) is 11.4. The monoisotopic (exact) mass is 247 g/mol. The first-order valence-electron chi connectivity index (χ1n) is 4.86. The third-order valence-electron chi connectivity index (χ3n) is 2.40. The van der Waals surface area contributed by atoms with Gasteiger partial charge in [-0.15, -0.1) is 0 Å². The molecule has 1 amide bonds. The summed E-state index contributed by atoms with van der Waals surface area (Å²) in [6.07, 6.45) is -4.47. The fraction of sp³-hybridized carbons (Fsp3) is 0.364. The maximum atomic E-state index is 11.9. The number of halogens is 3. The van der Waals surface area contributed by atoms with Crippen molar-refractivity contribution in [2.75, 3.05) is 6.54 Å². The first-order chi connectivity index (χ1) is 7.72. The van der Waals surface area contributed by atoms with Gasteiger partial charge in [0.1, 0.15) is 12.3 Å². The Bertz CT molecular complexity index is 441. The fourth-order valence-electron chi connectivity index (χ4n) is 1.26. The number of aromatic hydroxyl groups is 1. The number of benzene rings is 1. The third kappa shape index (κ3) is 3.37. The van der Waals surface area contributed by atoms with Crippen molar-refractivity contribution >= 4 is 5.91 Å². The Kier molecular flexibility index (Phi) is 3.65. The summed E-state index contributed by atoms with van der Waals surface area (Å²) in [5.41, 5.74) is 1.08. The molecular weight excluding hydrogens is 235 g/mol. The minimum atomic E-state index is -4.47. The smallest absolute Gasteiger partial charge is 0.405 e. The van der Waals surface area contributed by atoms with Crippen LogP contribution in [-0.4, -0.2) is 23.7 Å². The van der Waals surface area contributed by atoms with Gasteiger partial charge in [-0.1, -0.05) is 6.07 Å². The number of phenols is 1. The Labute approximate surface area is 96.3 Å². The van der Waals surface area contributed by atoms with Crippen molar-refractivity contribution in [2.45, 2.75) is 20.0 Å². The van der Waals surface area contributed by atoms with Gasteiger partial charge >= 0.3 is 6.18 Å². The predicted molar refractivity (Wildman–Crippen MR) is 56.0 cm³/mol. The average molecular weight is 247 g/mol. The van der Waals surface area contributed by atoms with Crippen LogP contribution in [0.25, 0.3) is 0 Å². The van der Waals surface area contributed by atoms with E-state index in [1.165, 1.54) is 6.07 Å². The van der Waals surface area contributed by atoms with Crippen LogP contribution in [0.4, 0.5) is 13.2 Å². The lowest BCUT2D eigenvalue weighted by molar-refractivity contribution is -0.123. The molecule has 0 aliphatic carbocycles. The van der Waals surface area contributed by atoms with Gasteiger partial charge in [0, 0.05) is 0 Å². The molecule has 0 unspecified atom stereocenters. The molecule has 0 fully saturated rings. The van der Waals surface area contributed by atoms with Crippen molar-refractivity contribution in [1.82, 2.24) is 5.32 Å². The number of aryl methyl sites for hydroxylation is 1. The topological polar surface area (TPSA) is 49.3 Å². The molecule has 0 atom stereocenters. The summed E-state index contributed by atoms with van der Waals surface area (Å²) >= 11 is 0. The molecule has 1 aromatic rings. The molecule has 0 saturated heterocycles. The van der Waals surface area contributed by atoms with Crippen molar-refractivity contribution < 1.29 is 23.1 Å². The molecular formula is C11H12F3NO2. The third-order valence-corrected chi connectivity index (χ3v) is 2.40. The highest BCUT2D eigenvalue weighted by molar-refractivity contribution is 5.97. The van der Waals surface area contributed by atoms with E-state index in [9.17, 15) is 23.1 Å². The lowest BCUT2D eigenvalue weighted by Crippen LogP contribution is -2.33. The molecule has 94 valence electrons. The molecule has 0 aromatic heterocycles. The van der Waals surface area contributed by atoms with Crippen molar-refractivity contribution in [2.24, 2.45) is 0 Å². The van der Waals surface area contributed by atoms with Crippen molar-refractivity contribution in [3.63, 3.8) is 0 Å². The summed E-state index contributed by atoms with van der Waals surface area (Å²) in [5.74, 6) is -1.23. The first kappa shape index (κ1) is 13.3. The largest absolute Gasteiger partial charge is 0.507 e. The summed E-state index contributed by atoms with van der Waals surface area (Å²) < 4.78 is 35.7. The number of carbonyl (C=O) groups excluding carboxylic acids is 1. The van der Waals surface area contributed by atoms with Crippen LogP contribution in [0.1, 0.15) is 21.5 Å². The van der Waals surface area contributed by atoms with Gasteiger partial charge in [-0.3, -0.25) is 4.79 Å². The minimum Gasteiger partial charge on any atom is -0.507 e. The molecule has 0 aliphatic rings. The van der Waals surface area contributed by atoms with Gasteiger partial charge in [-0.2, -0.15) is 13.2 Å². The van der Waals surface area contributed by atoms with E-state index in [0.717, 1.165) is 5.56 Å². The predicted octanol–water partition coefficient (Wildman–Crippen LogP) is 2.30. The molecule has 0 aliphatic heterocycles. The van der Waals surface area contributed by atoms with Crippen molar-refractivity contribution in [3.8, 4) is 5.75 Å². The lowest BCUT2D eigenvalue weighted by atomic mass is 10.0. The molecule has 17 heavy (non-hydrogen) atoms. The van der Waals surface area contributed by atoms with Gasteiger partial charge in [0.25, 0.3) is 5.91 Å². The highest BCUT2D eigenvalue weighted by Crippen LogP contribution is 2.24. The van der Waals surface area contributed by atoms with Gasteiger partial charge in [0.05, 0.1) is 5.56 Å². The van der Waals surface area contributed by atoms with Crippen LogP contribution in [0.5, 0.6) is 5.75 Å². The van der Waals surface area contributed by atoms with Crippen molar-refractivity contribution in [3.05, 3.63) is 28.8 Å². The second-order valence-electron chi connectivity index (χ2n) is 3.70. The van der Waals surface area contributed by atoms with E-state index in [1.807, 2.05) is 0 Å². The molecule has 0 heterocycles. The van der Waals surface area contributed by atoms with E-state index in [1.54, 1.807) is 25.2 Å². The van der Waals surface area contributed by atoms with E-state index in [2.05, 4.69) is 0 Å². The average Bonchev–Trinajstić information content (AvgIpc) is 2.22.